The number of aromatic nitrogens is 4. The second kappa shape index (κ2) is 11.4. The molecule has 2 aromatic carbocycles. The number of imidazole rings is 1. The van der Waals surface area contributed by atoms with Crippen molar-refractivity contribution in [2.45, 2.75) is 57.8 Å². The molecule has 3 aliphatic rings. The fourth-order valence-corrected chi connectivity index (χ4v) is 7.02. The first kappa shape index (κ1) is 27.5. The van der Waals surface area contributed by atoms with Crippen LogP contribution >= 0.6 is 11.6 Å². The number of aromatic amines is 2. The molecule has 0 bridgehead atoms. The summed E-state index contributed by atoms with van der Waals surface area (Å²) in [6.45, 7) is 2.37. The molecule has 0 radical (unpaired) electrons. The minimum absolute atomic E-state index is 0.0210. The van der Waals surface area contributed by atoms with E-state index in [1.54, 1.807) is 23.5 Å². The standard InChI is InChI=1S/C31H33ClN8O3/c32-25-13-19-5-6-20(30(42)39(18-27-33-9-10-34-27)17-24(19)23-15-35-37-29(23)25)14-28(41)38-11-7-22(8-12-38)40-16-21-3-1-2-4-26(21)36-31(40)43/h1-4,9-10,13,15,20,22H,5-8,11-12,14,16-18H2,(H,33,34)(H,35,37)(H,36,43)/t20-/m0/s1. The second-order valence-electron chi connectivity index (χ2n) is 11.7. The molecule has 12 heteroatoms. The monoisotopic (exact) mass is 600 g/mol. The third-order valence-electron chi connectivity index (χ3n) is 9.10. The minimum Gasteiger partial charge on any atom is -0.347 e. The third kappa shape index (κ3) is 5.33. The molecule has 0 unspecified atom stereocenters. The Kier molecular flexibility index (Phi) is 7.26. The second-order valence-corrected chi connectivity index (χ2v) is 12.1. The first-order valence-electron chi connectivity index (χ1n) is 14.8. The van der Waals surface area contributed by atoms with Gasteiger partial charge in [-0.15, -0.1) is 0 Å². The Morgan fingerprint density at radius 1 is 1.07 bits per heavy atom. The summed E-state index contributed by atoms with van der Waals surface area (Å²) in [6, 6.07) is 9.78. The number of amides is 4. The van der Waals surface area contributed by atoms with E-state index < -0.39 is 5.92 Å². The number of fused-ring (bicyclic) bond motifs is 4. The molecular weight excluding hydrogens is 568 g/mol. The van der Waals surface area contributed by atoms with Crippen molar-refractivity contribution in [3.63, 3.8) is 0 Å². The van der Waals surface area contributed by atoms with E-state index in [-0.39, 0.29) is 30.3 Å². The van der Waals surface area contributed by atoms with Crippen LogP contribution in [-0.4, -0.2) is 71.8 Å². The van der Waals surface area contributed by atoms with Gasteiger partial charge in [0.1, 0.15) is 5.82 Å². The van der Waals surface area contributed by atoms with Crippen LogP contribution in [0.15, 0.2) is 48.9 Å². The number of para-hydroxylation sites is 1. The third-order valence-corrected chi connectivity index (χ3v) is 9.40. The molecule has 3 N–H and O–H groups in total. The zero-order valence-corrected chi connectivity index (χ0v) is 24.4. The molecule has 2 aromatic heterocycles. The quantitative estimate of drug-likeness (QED) is 0.311. The molecule has 4 amide bonds. The predicted molar refractivity (Wildman–Crippen MR) is 161 cm³/mol. The maximum Gasteiger partial charge on any atom is 0.322 e. The molecule has 1 atom stereocenters. The summed E-state index contributed by atoms with van der Waals surface area (Å²) in [5, 5.41) is 11.7. The van der Waals surface area contributed by atoms with Crippen LogP contribution < -0.4 is 5.32 Å². The van der Waals surface area contributed by atoms with Gasteiger partial charge in [0.2, 0.25) is 11.8 Å². The summed E-state index contributed by atoms with van der Waals surface area (Å²) in [5.41, 5.74) is 4.80. The van der Waals surface area contributed by atoms with Crippen molar-refractivity contribution in [1.82, 2.24) is 34.9 Å². The van der Waals surface area contributed by atoms with E-state index in [9.17, 15) is 14.4 Å². The molecule has 222 valence electrons. The van der Waals surface area contributed by atoms with Crippen molar-refractivity contribution < 1.29 is 14.4 Å². The van der Waals surface area contributed by atoms with Crippen molar-refractivity contribution in [2.75, 3.05) is 18.4 Å². The molecule has 5 heterocycles. The number of hydrogen-bond donors (Lipinski definition) is 3. The molecule has 11 nitrogen and oxygen atoms in total. The van der Waals surface area contributed by atoms with E-state index in [4.69, 9.17) is 11.6 Å². The first-order valence-corrected chi connectivity index (χ1v) is 15.2. The number of halogens is 1. The highest BCUT2D eigenvalue weighted by Crippen LogP contribution is 2.34. The van der Waals surface area contributed by atoms with Crippen LogP contribution in [0, 0.1) is 5.92 Å². The van der Waals surface area contributed by atoms with Crippen LogP contribution in [0.5, 0.6) is 0 Å². The highest BCUT2D eigenvalue weighted by molar-refractivity contribution is 6.35. The highest BCUT2D eigenvalue weighted by atomic mass is 35.5. The van der Waals surface area contributed by atoms with Gasteiger partial charge < -0.3 is 25.0 Å². The minimum atomic E-state index is -0.462. The zero-order chi connectivity index (χ0) is 29.5. The summed E-state index contributed by atoms with van der Waals surface area (Å²) in [6.07, 6.45) is 7.90. The average Bonchev–Trinajstić information content (AvgIpc) is 3.72. The van der Waals surface area contributed by atoms with Gasteiger partial charge in [0.25, 0.3) is 0 Å². The van der Waals surface area contributed by atoms with Crippen molar-refractivity contribution in [3.05, 3.63) is 76.5 Å². The number of H-pyrrole nitrogens is 2. The fraction of sp³-hybridized carbons (Fsp3) is 0.387. The summed E-state index contributed by atoms with van der Waals surface area (Å²) in [4.78, 5) is 53.4. The number of urea groups is 1. The first-order chi connectivity index (χ1) is 20.9. The van der Waals surface area contributed by atoms with E-state index in [2.05, 4.69) is 25.5 Å². The van der Waals surface area contributed by atoms with Crippen molar-refractivity contribution >= 4 is 46.0 Å². The summed E-state index contributed by atoms with van der Waals surface area (Å²) >= 11 is 6.58. The SMILES string of the molecule is O=C(C[C@@H]1CCc2cc(Cl)c3[nH]ncc3c2CN(Cc2ncc[nH]2)C1=O)N1CCC(N2Cc3ccccc3NC2=O)CC1. The van der Waals surface area contributed by atoms with Gasteiger partial charge in [0, 0.05) is 68.0 Å². The molecule has 7 rings (SSSR count). The maximum absolute atomic E-state index is 14.0. The summed E-state index contributed by atoms with van der Waals surface area (Å²) < 4.78 is 0. The summed E-state index contributed by atoms with van der Waals surface area (Å²) in [5.74, 6) is 0.147. The van der Waals surface area contributed by atoms with Crippen molar-refractivity contribution in [3.8, 4) is 0 Å². The smallest absolute Gasteiger partial charge is 0.322 e. The van der Waals surface area contributed by atoms with Gasteiger partial charge in [0.15, 0.2) is 0 Å². The van der Waals surface area contributed by atoms with Crippen molar-refractivity contribution in [2.24, 2.45) is 5.92 Å². The number of carbonyl (C=O) groups is 3. The Bertz CT molecular complexity index is 1680. The molecule has 43 heavy (non-hydrogen) atoms. The maximum atomic E-state index is 14.0. The number of benzene rings is 2. The Hall–Kier alpha value is -4.38. The van der Waals surface area contributed by atoms with E-state index in [0.717, 1.165) is 33.3 Å². The molecule has 3 aliphatic heterocycles. The summed E-state index contributed by atoms with van der Waals surface area (Å²) in [7, 11) is 0. The van der Waals surface area contributed by atoms with Crippen LogP contribution in [0.25, 0.3) is 10.9 Å². The van der Waals surface area contributed by atoms with Crippen LogP contribution in [0.2, 0.25) is 5.02 Å². The number of piperidine rings is 1. The van der Waals surface area contributed by atoms with Gasteiger partial charge in [-0.2, -0.15) is 5.10 Å². The van der Waals surface area contributed by atoms with Crippen LogP contribution in [0.4, 0.5) is 10.5 Å². The zero-order valence-electron chi connectivity index (χ0n) is 23.7. The molecule has 1 saturated heterocycles. The Morgan fingerprint density at radius 3 is 2.72 bits per heavy atom. The Morgan fingerprint density at radius 2 is 1.91 bits per heavy atom. The average molecular weight is 601 g/mol. The van der Waals surface area contributed by atoms with Gasteiger partial charge in [-0.25, -0.2) is 9.78 Å². The van der Waals surface area contributed by atoms with E-state index in [1.807, 2.05) is 40.1 Å². The van der Waals surface area contributed by atoms with Gasteiger partial charge in [-0.3, -0.25) is 14.7 Å². The molecule has 0 saturated carbocycles. The number of likely N-dealkylation sites (tertiary alicyclic amines) is 1. The number of rotatable bonds is 5. The van der Waals surface area contributed by atoms with Crippen LogP contribution in [-0.2, 0) is 35.6 Å². The van der Waals surface area contributed by atoms with Crippen LogP contribution in [0.1, 0.15) is 48.2 Å². The number of nitrogens with one attached hydrogen (secondary N) is 3. The lowest BCUT2D eigenvalue weighted by Crippen LogP contribution is -2.51. The lowest BCUT2D eigenvalue weighted by molar-refractivity contribution is -0.143. The lowest BCUT2D eigenvalue weighted by Gasteiger charge is -2.41. The number of carbonyl (C=O) groups excluding carboxylic acids is 3. The number of nitrogens with zero attached hydrogens (tertiary/aromatic N) is 5. The Balaban J connectivity index is 1.05. The van der Waals surface area contributed by atoms with Crippen molar-refractivity contribution in [1.29, 1.82) is 0 Å². The molecular formula is C31H33ClN8O3. The van der Waals surface area contributed by atoms with Gasteiger partial charge in [-0.1, -0.05) is 29.8 Å². The number of hydrogen-bond acceptors (Lipinski definition) is 5. The van der Waals surface area contributed by atoms with Crippen LogP contribution in [0.3, 0.4) is 0 Å². The lowest BCUT2D eigenvalue weighted by atomic mass is 9.88. The normalized spacial score (nSPS) is 19.6. The van der Waals surface area contributed by atoms with Gasteiger partial charge >= 0.3 is 6.03 Å². The largest absolute Gasteiger partial charge is 0.347 e. The van der Waals surface area contributed by atoms with Gasteiger partial charge in [-0.05, 0) is 54.5 Å². The van der Waals surface area contributed by atoms with Gasteiger partial charge in [0.05, 0.1) is 23.3 Å². The van der Waals surface area contributed by atoms with E-state index >= 15 is 0 Å². The molecule has 1 fully saturated rings. The number of anilines is 1. The fourth-order valence-electron chi connectivity index (χ4n) is 6.74. The number of aryl methyl sites for hydroxylation is 1. The molecule has 0 spiro atoms. The van der Waals surface area contributed by atoms with E-state index in [0.29, 0.717) is 69.3 Å². The predicted octanol–water partition coefficient (Wildman–Crippen LogP) is 4.46. The Labute approximate surface area is 253 Å². The highest BCUT2D eigenvalue weighted by Gasteiger charge is 2.35. The topological polar surface area (TPSA) is 130 Å². The molecule has 4 aromatic rings. The van der Waals surface area contributed by atoms with E-state index in [1.165, 1.54) is 0 Å². The molecule has 0 aliphatic carbocycles.